The van der Waals surface area contributed by atoms with Gasteiger partial charge in [0, 0.05) is 12.6 Å². The second kappa shape index (κ2) is 11.6. The van der Waals surface area contributed by atoms with Crippen LogP contribution in [0.2, 0.25) is 5.02 Å². The minimum Gasteiger partial charge on any atom is -0.490 e. The lowest BCUT2D eigenvalue weighted by Gasteiger charge is -2.17. The molecule has 0 aliphatic carbocycles. The van der Waals surface area contributed by atoms with Crippen LogP contribution in [0.25, 0.3) is 0 Å². The maximum Gasteiger partial charge on any atom is 0.180 e. The first kappa shape index (κ1) is 22.2. The number of halogens is 1. The van der Waals surface area contributed by atoms with E-state index in [0.29, 0.717) is 35.8 Å². The summed E-state index contributed by atoms with van der Waals surface area (Å²) >= 11 is 6.56. The van der Waals surface area contributed by atoms with Gasteiger partial charge in [-0.05, 0) is 55.5 Å². The van der Waals surface area contributed by atoms with Crippen LogP contribution in [0.1, 0.15) is 37.0 Å². The molecule has 0 saturated heterocycles. The highest BCUT2D eigenvalue weighted by molar-refractivity contribution is 6.32. The molecule has 0 fully saturated rings. The maximum absolute atomic E-state index is 6.56. The largest absolute Gasteiger partial charge is 0.490 e. The zero-order chi connectivity index (χ0) is 21.2. The van der Waals surface area contributed by atoms with Crippen LogP contribution in [0.15, 0.2) is 72.8 Å². The van der Waals surface area contributed by atoms with E-state index in [2.05, 4.69) is 42.6 Å². The Morgan fingerprint density at radius 1 is 0.867 bits per heavy atom. The molecule has 1 atom stereocenters. The second-order valence-electron chi connectivity index (χ2n) is 7.42. The molecule has 0 radical (unpaired) electrons. The molecule has 4 heteroatoms. The first-order chi connectivity index (χ1) is 14.7. The number of aryl methyl sites for hydroxylation is 1. The smallest absolute Gasteiger partial charge is 0.180 e. The van der Waals surface area contributed by atoms with E-state index < -0.39 is 0 Å². The molecule has 0 heterocycles. The molecule has 0 amide bonds. The number of ether oxygens (including phenoxy) is 2. The van der Waals surface area contributed by atoms with Crippen molar-refractivity contribution in [2.45, 2.75) is 45.9 Å². The average molecular weight is 424 g/mol. The van der Waals surface area contributed by atoms with E-state index in [9.17, 15) is 0 Å². The standard InChI is InChI=1S/C26H30ClNO2/c1-3-29-25-17-23(18-28-20(2)14-15-21-10-6-4-7-11-21)16-24(27)26(25)30-19-22-12-8-5-9-13-22/h4-13,16-17,20,28H,3,14-15,18-19H2,1-2H3/t20-/m1/s1. The van der Waals surface area contributed by atoms with Crippen molar-refractivity contribution in [3.63, 3.8) is 0 Å². The number of hydrogen-bond donors (Lipinski definition) is 1. The zero-order valence-electron chi connectivity index (χ0n) is 17.7. The van der Waals surface area contributed by atoms with Crippen molar-refractivity contribution < 1.29 is 9.47 Å². The van der Waals surface area contributed by atoms with Crippen LogP contribution in [0.4, 0.5) is 0 Å². The Kier molecular flexibility index (Phi) is 8.61. The molecule has 30 heavy (non-hydrogen) atoms. The van der Waals surface area contributed by atoms with Gasteiger partial charge in [0.2, 0.25) is 0 Å². The Balaban J connectivity index is 1.59. The van der Waals surface area contributed by atoms with Gasteiger partial charge in [0.05, 0.1) is 11.6 Å². The molecule has 3 nitrogen and oxygen atoms in total. The molecule has 0 saturated carbocycles. The van der Waals surface area contributed by atoms with Gasteiger partial charge in [-0.1, -0.05) is 72.3 Å². The lowest BCUT2D eigenvalue weighted by Crippen LogP contribution is -2.26. The Bertz CT molecular complexity index is 900. The minimum absolute atomic E-state index is 0.397. The van der Waals surface area contributed by atoms with Crippen LogP contribution in [0, 0.1) is 0 Å². The van der Waals surface area contributed by atoms with E-state index >= 15 is 0 Å². The molecule has 0 spiro atoms. The van der Waals surface area contributed by atoms with E-state index in [4.69, 9.17) is 21.1 Å². The molecule has 0 aromatic heterocycles. The molecule has 3 aromatic carbocycles. The molecule has 0 bridgehead atoms. The molecule has 3 rings (SSSR count). The molecular formula is C26H30ClNO2. The normalized spacial score (nSPS) is 11.8. The predicted molar refractivity (Wildman–Crippen MR) is 124 cm³/mol. The topological polar surface area (TPSA) is 30.5 Å². The van der Waals surface area contributed by atoms with Gasteiger partial charge in [0.1, 0.15) is 6.61 Å². The lowest BCUT2D eigenvalue weighted by molar-refractivity contribution is 0.269. The quantitative estimate of drug-likeness (QED) is 0.385. The summed E-state index contributed by atoms with van der Waals surface area (Å²) in [6.45, 7) is 5.92. The Morgan fingerprint density at radius 2 is 1.53 bits per heavy atom. The van der Waals surface area contributed by atoms with Crippen molar-refractivity contribution >= 4 is 11.6 Å². The van der Waals surface area contributed by atoms with E-state index in [0.717, 1.165) is 30.5 Å². The van der Waals surface area contributed by atoms with Crippen molar-refractivity contribution in [3.8, 4) is 11.5 Å². The van der Waals surface area contributed by atoms with Crippen molar-refractivity contribution in [1.82, 2.24) is 5.32 Å². The summed E-state index contributed by atoms with van der Waals surface area (Å²) in [5, 5.41) is 4.16. The number of hydrogen-bond acceptors (Lipinski definition) is 3. The minimum atomic E-state index is 0.397. The van der Waals surface area contributed by atoms with E-state index in [1.54, 1.807) is 0 Å². The van der Waals surface area contributed by atoms with Gasteiger partial charge in [-0.25, -0.2) is 0 Å². The Labute approximate surface area is 185 Å². The fourth-order valence-corrected chi connectivity index (χ4v) is 3.57. The van der Waals surface area contributed by atoms with Gasteiger partial charge in [-0.3, -0.25) is 0 Å². The van der Waals surface area contributed by atoms with Gasteiger partial charge in [-0.15, -0.1) is 0 Å². The van der Waals surface area contributed by atoms with Crippen LogP contribution in [-0.4, -0.2) is 12.6 Å². The third kappa shape index (κ3) is 6.79. The van der Waals surface area contributed by atoms with Gasteiger partial charge in [0.25, 0.3) is 0 Å². The fraction of sp³-hybridized carbons (Fsp3) is 0.308. The summed E-state index contributed by atoms with van der Waals surface area (Å²) in [6.07, 6.45) is 2.14. The maximum atomic E-state index is 6.56. The summed E-state index contributed by atoms with van der Waals surface area (Å²) in [7, 11) is 0. The van der Waals surface area contributed by atoms with Crippen LogP contribution in [0.3, 0.4) is 0 Å². The molecule has 0 unspecified atom stereocenters. The summed E-state index contributed by atoms with van der Waals surface area (Å²) in [4.78, 5) is 0. The SMILES string of the molecule is CCOc1cc(CN[C@H](C)CCc2ccccc2)cc(Cl)c1OCc1ccccc1. The summed E-state index contributed by atoms with van der Waals surface area (Å²) in [5.41, 5.74) is 3.55. The molecule has 158 valence electrons. The summed E-state index contributed by atoms with van der Waals surface area (Å²) in [5.74, 6) is 1.29. The zero-order valence-corrected chi connectivity index (χ0v) is 18.5. The van der Waals surface area contributed by atoms with Gasteiger partial charge in [0.15, 0.2) is 11.5 Å². The third-order valence-electron chi connectivity index (χ3n) is 4.96. The molecule has 3 aromatic rings. The fourth-order valence-electron chi connectivity index (χ4n) is 3.28. The van der Waals surface area contributed by atoms with E-state index in [-0.39, 0.29) is 0 Å². The number of benzene rings is 3. The first-order valence-corrected chi connectivity index (χ1v) is 10.9. The average Bonchev–Trinajstić information content (AvgIpc) is 2.77. The first-order valence-electron chi connectivity index (χ1n) is 10.5. The van der Waals surface area contributed by atoms with Crippen LogP contribution < -0.4 is 14.8 Å². The number of rotatable bonds is 11. The monoisotopic (exact) mass is 423 g/mol. The third-order valence-corrected chi connectivity index (χ3v) is 5.24. The predicted octanol–water partition coefficient (Wildman–Crippen LogP) is 6.43. The highest BCUT2D eigenvalue weighted by atomic mass is 35.5. The highest BCUT2D eigenvalue weighted by Crippen LogP contribution is 2.37. The Morgan fingerprint density at radius 3 is 2.20 bits per heavy atom. The van der Waals surface area contributed by atoms with Crippen molar-refractivity contribution in [1.29, 1.82) is 0 Å². The van der Waals surface area contributed by atoms with Crippen LogP contribution in [-0.2, 0) is 19.6 Å². The van der Waals surface area contributed by atoms with Gasteiger partial charge >= 0.3 is 0 Å². The number of nitrogens with one attached hydrogen (secondary N) is 1. The van der Waals surface area contributed by atoms with Crippen molar-refractivity contribution in [2.24, 2.45) is 0 Å². The van der Waals surface area contributed by atoms with Gasteiger partial charge < -0.3 is 14.8 Å². The Hall–Kier alpha value is -2.49. The second-order valence-corrected chi connectivity index (χ2v) is 7.83. The van der Waals surface area contributed by atoms with Crippen molar-refractivity contribution in [2.75, 3.05) is 6.61 Å². The van der Waals surface area contributed by atoms with E-state index in [1.165, 1.54) is 5.56 Å². The molecule has 0 aliphatic rings. The molecular weight excluding hydrogens is 394 g/mol. The summed E-state index contributed by atoms with van der Waals surface area (Å²) in [6, 6.07) is 25.0. The van der Waals surface area contributed by atoms with Gasteiger partial charge in [-0.2, -0.15) is 0 Å². The van der Waals surface area contributed by atoms with Crippen LogP contribution in [0.5, 0.6) is 11.5 Å². The van der Waals surface area contributed by atoms with Crippen LogP contribution >= 0.6 is 11.6 Å². The summed E-state index contributed by atoms with van der Waals surface area (Å²) < 4.78 is 11.8. The molecule has 1 N–H and O–H groups in total. The van der Waals surface area contributed by atoms with Crippen molar-refractivity contribution in [3.05, 3.63) is 94.5 Å². The highest BCUT2D eigenvalue weighted by Gasteiger charge is 2.13. The molecule has 0 aliphatic heterocycles. The lowest BCUT2D eigenvalue weighted by atomic mass is 10.1. The van der Waals surface area contributed by atoms with E-state index in [1.807, 2.05) is 49.4 Å².